The zero-order valence-corrected chi connectivity index (χ0v) is 12.1. The van der Waals surface area contributed by atoms with Gasteiger partial charge >= 0.3 is 0 Å². The number of nitrogens with two attached hydrogens (primary N) is 1. The van der Waals surface area contributed by atoms with Gasteiger partial charge in [-0.05, 0) is 43.2 Å². The van der Waals surface area contributed by atoms with E-state index in [9.17, 15) is 8.42 Å². The van der Waals surface area contributed by atoms with E-state index >= 15 is 0 Å². The predicted octanol–water partition coefficient (Wildman–Crippen LogP) is 1.15. The quantitative estimate of drug-likeness (QED) is 0.824. The molecule has 0 saturated carbocycles. The summed E-state index contributed by atoms with van der Waals surface area (Å²) in [6.07, 6.45) is 2.94. The van der Waals surface area contributed by atoms with Gasteiger partial charge in [-0.25, -0.2) is 23.1 Å². The number of sulfonamides is 1. The molecule has 0 unspecified atom stereocenters. The van der Waals surface area contributed by atoms with Gasteiger partial charge < -0.3 is 5.73 Å². The van der Waals surface area contributed by atoms with Gasteiger partial charge in [-0.1, -0.05) is 0 Å². The second-order valence-electron chi connectivity index (χ2n) is 4.49. The highest BCUT2D eigenvalue weighted by atomic mass is 32.2. The van der Waals surface area contributed by atoms with Gasteiger partial charge in [0.25, 0.3) is 0 Å². The fraction of sp³-hybridized carbons (Fsp3) is 0.231. The molecule has 0 spiro atoms. The number of benzene rings is 1. The molecule has 0 saturated heterocycles. The van der Waals surface area contributed by atoms with Crippen LogP contribution in [0.5, 0.6) is 0 Å². The largest absolute Gasteiger partial charge is 0.399 e. The number of nitrogen functional groups attached to an aromatic ring is 1. The lowest BCUT2D eigenvalue weighted by atomic mass is 10.1. The van der Waals surface area contributed by atoms with Crippen molar-refractivity contribution in [3.8, 4) is 0 Å². The van der Waals surface area contributed by atoms with Gasteiger partial charge in [-0.15, -0.1) is 0 Å². The molecule has 1 aromatic carbocycles. The Morgan fingerprint density at radius 2 is 2.05 bits per heavy atom. The summed E-state index contributed by atoms with van der Waals surface area (Å²) in [7, 11) is -3.62. The fourth-order valence-corrected chi connectivity index (χ4v) is 3.15. The Balaban J connectivity index is 2.27. The smallest absolute Gasteiger partial charge is 0.241 e. The van der Waals surface area contributed by atoms with Crippen LogP contribution in [0.25, 0.3) is 0 Å². The van der Waals surface area contributed by atoms with Gasteiger partial charge in [0, 0.05) is 11.9 Å². The molecule has 7 heteroatoms. The molecule has 0 aliphatic heterocycles. The Kier molecular flexibility index (Phi) is 4.01. The minimum atomic E-state index is -3.62. The van der Waals surface area contributed by atoms with E-state index in [1.807, 2.05) is 6.92 Å². The van der Waals surface area contributed by atoms with Gasteiger partial charge in [-0.3, -0.25) is 0 Å². The Bertz CT molecular complexity index is 715. The second-order valence-corrected chi connectivity index (χ2v) is 6.22. The summed E-state index contributed by atoms with van der Waals surface area (Å²) in [5.74, 6) is 0. The number of hydrogen-bond donors (Lipinski definition) is 2. The maximum atomic E-state index is 12.3. The van der Waals surface area contributed by atoms with Gasteiger partial charge in [0.2, 0.25) is 10.0 Å². The van der Waals surface area contributed by atoms with Crippen molar-refractivity contribution in [1.82, 2.24) is 14.7 Å². The third-order valence-electron chi connectivity index (χ3n) is 3.02. The van der Waals surface area contributed by atoms with E-state index < -0.39 is 10.0 Å². The van der Waals surface area contributed by atoms with E-state index in [2.05, 4.69) is 14.7 Å². The second kappa shape index (κ2) is 5.56. The first-order valence-electron chi connectivity index (χ1n) is 6.01. The zero-order valence-electron chi connectivity index (χ0n) is 11.3. The summed E-state index contributed by atoms with van der Waals surface area (Å²) >= 11 is 0. The number of anilines is 1. The van der Waals surface area contributed by atoms with Gasteiger partial charge in [0.1, 0.15) is 6.33 Å². The molecule has 20 heavy (non-hydrogen) atoms. The summed E-state index contributed by atoms with van der Waals surface area (Å²) in [5.41, 5.74) is 8.27. The molecule has 1 aromatic heterocycles. The zero-order chi connectivity index (χ0) is 14.8. The van der Waals surface area contributed by atoms with Crippen LogP contribution in [0, 0.1) is 13.8 Å². The molecular formula is C13H16N4O2S. The highest BCUT2D eigenvalue weighted by Gasteiger charge is 2.18. The molecule has 0 aliphatic rings. The van der Waals surface area contributed by atoms with Crippen LogP contribution in [-0.4, -0.2) is 18.4 Å². The molecule has 0 amide bonds. The number of rotatable bonds is 4. The molecule has 0 fully saturated rings. The molecule has 0 radical (unpaired) electrons. The van der Waals surface area contributed by atoms with Crippen molar-refractivity contribution in [3.05, 3.63) is 47.5 Å². The fourth-order valence-electron chi connectivity index (χ4n) is 1.80. The minimum Gasteiger partial charge on any atom is -0.399 e. The predicted molar refractivity (Wildman–Crippen MR) is 76.4 cm³/mol. The molecule has 0 bridgehead atoms. The van der Waals surface area contributed by atoms with Crippen molar-refractivity contribution in [3.63, 3.8) is 0 Å². The number of hydrogen-bond acceptors (Lipinski definition) is 5. The first-order valence-corrected chi connectivity index (χ1v) is 7.50. The van der Waals surface area contributed by atoms with Gasteiger partial charge in [-0.2, -0.15) is 0 Å². The van der Waals surface area contributed by atoms with Crippen LogP contribution in [0.15, 0.2) is 35.6 Å². The van der Waals surface area contributed by atoms with Crippen molar-refractivity contribution in [2.75, 3.05) is 5.73 Å². The van der Waals surface area contributed by atoms with E-state index in [1.54, 1.807) is 25.3 Å². The summed E-state index contributed by atoms with van der Waals surface area (Å²) in [5, 5.41) is 0. The molecule has 106 valence electrons. The first kappa shape index (κ1) is 14.4. The van der Waals surface area contributed by atoms with E-state index in [-0.39, 0.29) is 11.4 Å². The summed E-state index contributed by atoms with van der Waals surface area (Å²) in [6.45, 7) is 3.70. The average Bonchev–Trinajstić information content (AvgIpc) is 2.42. The lowest BCUT2D eigenvalue weighted by Crippen LogP contribution is -2.24. The van der Waals surface area contributed by atoms with Crippen molar-refractivity contribution in [1.29, 1.82) is 0 Å². The molecule has 0 atom stereocenters. The minimum absolute atomic E-state index is 0.109. The van der Waals surface area contributed by atoms with Crippen LogP contribution < -0.4 is 10.5 Å². The molecule has 2 aromatic rings. The Labute approximate surface area is 118 Å². The molecule has 1 heterocycles. The van der Waals surface area contributed by atoms with Crippen LogP contribution in [0.3, 0.4) is 0 Å². The van der Waals surface area contributed by atoms with E-state index in [1.165, 1.54) is 12.4 Å². The van der Waals surface area contributed by atoms with Crippen LogP contribution >= 0.6 is 0 Å². The van der Waals surface area contributed by atoms with Crippen LogP contribution in [-0.2, 0) is 16.6 Å². The number of aryl methyl sites for hydroxylation is 1. The van der Waals surface area contributed by atoms with Crippen molar-refractivity contribution in [2.45, 2.75) is 25.3 Å². The highest BCUT2D eigenvalue weighted by molar-refractivity contribution is 7.89. The lowest BCUT2D eigenvalue weighted by Gasteiger charge is -2.12. The number of nitrogens with one attached hydrogen (secondary N) is 1. The lowest BCUT2D eigenvalue weighted by molar-refractivity contribution is 0.579. The third kappa shape index (κ3) is 3.12. The highest BCUT2D eigenvalue weighted by Crippen LogP contribution is 2.22. The summed E-state index contributed by atoms with van der Waals surface area (Å²) in [6, 6.07) is 4.86. The van der Waals surface area contributed by atoms with Gasteiger partial charge in [0.05, 0.1) is 17.1 Å². The first-order chi connectivity index (χ1) is 9.40. The molecule has 2 rings (SSSR count). The maximum absolute atomic E-state index is 12.3. The standard InChI is InChI=1S/C13H16N4O2S/c1-9-5-11(14)6-13(10(9)2)20(18,19)17-7-12-3-4-15-8-16-12/h3-6,8,17H,7,14H2,1-2H3. The Morgan fingerprint density at radius 1 is 1.30 bits per heavy atom. The summed E-state index contributed by atoms with van der Waals surface area (Å²) < 4.78 is 27.2. The maximum Gasteiger partial charge on any atom is 0.241 e. The topological polar surface area (TPSA) is 98.0 Å². The number of aromatic nitrogens is 2. The van der Waals surface area contributed by atoms with Crippen LogP contribution in [0.4, 0.5) is 5.69 Å². The van der Waals surface area contributed by atoms with Gasteiger partial charge in [0.15, 0.2) is 0 Å². The SMILES string of the molecule is Cc1cc(N)cc(S(=O)(=O)NCc2ccncn2)c1C. The van der Waals surface area contributed by atoms with E-state index in [0.29, 0.717) is 16.9 Å². The Morgan fingerprint density at radius 3 is 2.70 bits per heavy atom. The van der Waals surface area contributed by atoms with Crippen molar-refractivity contribution >= 4 is 15.7 Å². The normalized spacial score (nSPS) is 11.5. The molecule has 6 nitrogen and oxygen atoms in total. The Hall–Kier alpha value is -1.99. The molecular weight excluding hydrogens is 276 g/mol. The van der Waals surface area contributed by atoms with Crippen molar-refractivity contribution < 1.29 is 8.42 Å². The molecule has 0 aliphatic carbocycles. The monoisotopic (exact) mass is 292 g/mol. The van der Waals surface area contributed by atoms with E-state index in [4.69, 9.17) is 5.73 Å². The van der Waals surface area contributed by atoms with Crippen LogP contribution in [0.1, 0.15) is 16.8 Å². The van der Waals surface area contributed by atoms with Crippen molar-refractivity contribution in [2.24, 2.45) is 0 Å². The van der Waals surface area contributed by atoms with E-state index in [0.717, 1.165) is 5.56 Å². The average molecular weight is 292 g/mol. The summed E-state index contributed by atoms with van der Waals surface area (Å²) in [4.78, 5) is 7.95. The number of nitrogens with zero attached hydrogens (tertiary/aromatic N) is 2. The third-order valence-corrected chi connectivity index (χ3v) is 4.55. The van der Waals surface area contributed by atoms with Crippen LogP contribution in [0.2, 0.25) is 0 Å². The molecule has 3 N–H and O–H groups in total.